The summed E-state index contributed by atoms with van der Waals surface area (Å²) < 4.78 is 9.15. The van der Waals surface area contributed by atoms with Crippen LogP contribution in [0.1, 0.15) is 10.4 Å². The third kappa shape index (κ3) is 1.87. The lowest BCUT2D eigenvalue weighted by molar-refractivity contribution is 0.112. The average Bonchev–Trinajstić information content (AvgIpc) is 2.77. The molecule has 0 aliphatic heterocycles. The molecule has 0 aliphatic rings. The van der Waals surface area contributed by atoms with Gasteiger partial charge in [0, 0.05) is 17.1 Å². The van der Waals surface area contributed by atoms with Gasteiger partial charge in [0.15, 0.2) is 6.29 Å². The molecular weight excluding hydrogens is 212 g/mol. The number of ether oxygens (including phenoxy) is 1. The van der Waals surface area contributed by atoms with Crippen molar-refractivity contribution in [1.29, 1.82) is 0 Å². The number of hydrogen-bond donors (Lipinski definition) is 0. The van der Waals surface area contributed by atoms with Gasteiger partial charge in [-0.15, -0.1) is 0 Å². The summed E-state index contributed by atoms with van der Waals surface area (Å²) in [5.41, 5.74) is 2.16. The minimum Gasteiger partial charge on any atom is -0.480 e. The minimum atomic E-state index is 0.556. The van der Waals surface area contributed by atoms with Crippen LogP contribution in [0.5, 0.6) is 5.88 Å². The number of hydrogen-bond acceptors (Lipinski definition) is 5. The molecule has 0 spiro atoms. The van der Waals surface area contributed by atoms with E-state index in [0.29, 0.717) is 11.4 Å². The van der Waals surface area contributed by atoms with Crippen molar-refractivity contribution in [3.63, 3.8) is 0 Å². The zero-order valence-electron chi connectivity index (χ0n) is 8.01. The van der Waals surface area contributed by atoms with Crippen LogP contribution >= 0.6 is 11.5 Å². The molecule has 0 aliphatic carbocycles. The maximum atomic E-state index is 10.5. The minimum absolute atomic E-state index is 0.556. The van der Waals surface area contributed by atoms with Gasteiger partial charge >= 0.3 is 0 Å². The highest BCUT2D eigenvalue weighted by atomic mass is 32.1. The summed E-state index contributed by atoms with van der Waals surface area (Å²) in [5, 5.41) is 1.86. The molecule has 0 saturated carbocycles. The summed E-state index contributed by atoms with van der Waals surface area (Å²) in [6.45, 7) is 0. The summed E-state index contributed by atoms with van der Waals surface area (Å²) in [7, 11) is 1.57. The number of pyridine rings is 1. The van der Waals surface area contributed by atoms with Crippen molar-refractivity contribution < 1.29 is 9.53 Å². The van der Waals surface area contributed by atoms with E-state index in [0.717, 1.165) is 17.5 Å². The van der Waals surface area contributed by atoms with Gasteiger partial charge in [0.25, 0.3) is 0 Å². The number of carbonyl (C=O) groups excluding carboxylic acids is 1. The molecule has 4 nitrogen and oxygen atoms in total. The van der Waals surface area contributed by atoms with E-state index in [9.17, 15) is 4.79 Å². The van der Waals surface area contributed by atoms with Crippen LogP contribution in [0.2, 0.25) is 0 Å². The summed E-state index contributed by atoms with van der Waals surface area (Å²) in [4.78, 5) is 14.6. The highest BCUT2D eigenvalue weighted by Gasteiger charge is 2.09. The number of nitrogens with zero attached hydrogens (tertiary/aromatic N) is 2. The predicted molar refractivity (Wildman–Crippen MR) is 57.3 cm³/mol. The van der Waals surface area contributed by atoms with Crippen molar-refractivity contribution in [3.8, 4) is 17.1 Å². The van der Waals surface area contributed by atoms with Crippen molar-refractivity contribution in [2.75, 3.05) is 7.11 Å². The van der Waals surface area contributed by atoms with Crippen LogP contribution in [-0.2, 0) is 0 Å². The number of rotatable bonds is 3. The van der Waals surface area contributed by atoms with Gasteiger partial charge in [-0.1, -0.05) is 0 Å². The Balaban J connectivity index is 2.41. The maximum Gasteiger partial charge on any atom is 0.234 e. The molecule has 0 amide bonds. The first-order valence-electron chi connectivity index (χ1n) is 4.25. The SMILES string of the molecule is COc1nscc1-c1ccc(C=O)cn1. The molecule has 5 heteroatoms. The lowest BCUT2D eigenvalue weighted by atomic mass is 10.2. The Morgan fingerprint density at radius 3 is 2.93 bits per heavy atom. The molecule has 2 heterocycles. The first kappa shape index (κ1) is 9.79. The van der Waals surface area contributed by atoms with E-state index in [4.69, 9.17) is 4.74 Å². The fourth-order valence-electron chi connectivity index (χ4n) is 1.18. The average molecular weight is 220 g/mol. The van der Waals surface area contributed by atoms with E-state index in [-0.39, 0.29) is 0 Å². The van der Waals surface area contributed by atoms with E-state index in [1.165, 1.54) is 17.7 Å². The van der Waals surface area contributed by atoms with E-state index < -0.39 is 0 Å². The zero-order valence-corrected chi connectivity index (χ0v) is 8.82. The van der Waals surface area contributed by atoms with Crippen LogP contribution in [0.3, 0.4) is 0 Å². The molecule has 0 aromatic carbocycles. The van der Waals surface area contributed by atoms with E-state index >= 15 is 0 Å². The van der Waals surface area contributed by atoms with Crippen molar-refractivity contribution in [1.82, 2.24) is 9.36 Å². The van der Waals surface area contributed by atoms with Gasteiger partial charge in [0.05, 0.1) is 18.4 Å². The second-order valence-corrected chi connectivity index (χ2v) is 3.46. The molecule has 0 bridgehead atoms. The molecule has 2 aromatic heterocycles. The van der Waals surface area contributed by atoms with Gasteiger partial charge < -0.3 is 4.74 Å². The Bertz CT molecular complexity index is 465. The van der Waals surface area contributed by atoms with E-state index in [1.807, 2.05) is 5.38 Å². The Hall–Kier alpha value is -1.75. The fraction of sp³-hybridized carbons (Fsp3) is 0.100. The number of aromatic nitrogens is 2. The molecular formula is C10H8N2O2S. The highest BCUT2D eigenvalue weighted by molar-refractivity contribution is 7.04. The van der Waals surface area contributed by atoms with Crippen LogP contribution in [0.15, 0.2) is 23.7 Å². The highest BCUT2D eigenvalue weighted by Crippen LogP contribution is 2.28. The number of carbonyl (C=O) groups is 1. The molecule has 0 atom stereocenters. The Morgan fingerprint density at radius 1 is 1.47 bits per heavy atom. The van der Waals surface area contributed by atoms with Crippen LogP contribution in [0.4, 0.5) is 0 Å². The third-order valence-electron chi connectivity index (χ3n) is 1.93. The van der Waals surface area contributed by atoms with Crippen molar-refractivity contribution in [2.45, 2.75) is 0 Å². The first-order valence-corrected chi connectivity index (χ1v) is 5.09. The fourth-order valence-corrected chi connectivity index (χ4v) is 1.83. The Kier molecular flexibility index (Phi) is 2.73. The van der Waals surface area contributed by atoms with Gasteiger partial charge in [-0.25, -0.2) is 0 Å². The maximum absolute atomic E-state index is 10.5. The molecule has 0 N–H and O–H groups in total. The Labute approximate surface area is 90.7 Å². The summed E-state index contributed by atoms with van der Waals surface area (Å²) >= 11 is 1.31. The molecule has 2 aromatic rings. The van der Waals surface area contributed by atoms with Crippen LogP contribution < -0.4 is 4.74 Å². The molecule has 0 unspecified atom stereocenters. The molecule has 0 fully saturated rings. The molecule has 2 rings (SSSR count). The van der Waals surface area contributed by atoms with Gasteiger partial charge in [0.1, 0.15) is 0 Å². The monoisotopic (exact) mass is 220 g/mol. The second-order valence-electron chi connectivity index (χ2n) is 2.83. The van der Waals surface area contributed by atoms with Gasteiger partial charge in [-0.2, -0.15) is 4.37 Å². The van der Waals surface area contributed by atoms with Gasteiger partial charge in [-0.05, 0) is 23.7 Å². The summed E-state index contributed by atoms with van der Waals surface area (Å²) in [6.07, 6.45) is 2.29. The summed E-state index contributed by atoms with van der Waals surface area (Å²) in [5.74, 6) is 0.561. The molecule has 76 valence electrons. The van der Waals surface area contributed by atoms with Crippen LogP contribution in [-0.4, -0.2) is 22.8 Å². The topological polar surface area (TPSA) is 52.1 Å². The van der Waals surface area contributed by atoms with E-state index in [1.54, 1.807) is 19.2 Å². The Morgan fingerprint density at radius 2 is 2.33 bits per heavy atom. The second kappa shape index (κ2) is 4.18. The zero-order chi connectivity index (χ0) is 10.7. The predicted octanol–water partition coefficient (Wildman–Crippen LogP) is 2.03. The lowest BCUT2D eigenvalue weighted by Gasteiger charge is -2.00. The van der Waals surface area contributed by atoms with Crippen molar-refractivity contribution in [2.24, 2.45) is 0 Å². The largest absolute Gasteiger partial charge is 0.480 e. The first-order chi connectivity index (χ1) is 7.35. The smallest absolute Gasteiger partial charge is 0.234 e. The van der Waals surface area contributed by atoms with Crippen molar-refractivity contribution >= 4 is 17.8 Å². The molecule has 0 radical (unpaired) electrons. The molecule has 15 heavy (non-hydrogen) atoms. The van der Waals surface area contributed by atoms with Crippen LogP contribution in [0.25, 0.3) is 11.3 Å². The van der Waals surface area contributed by atoms with Crippen molar-refractivity contribution in [3.05, 3.63) is 29.3 Å². The number of methoxy groups -OCH3 is 1. The van der Waals surface area contributed by atoms with E-state index in [2.05, 4.69) is 9.36 Å². The quantitative estimate of drug-likeness (QED) is 0.742. The summed E-state index contributed by atoms with van der Waals surface area (Å²) in [6, 6.07) is 3.49. The number of aldehydes is 1. The standard InChI is InChI=1S/C10H8N2O2S/c1-14-10-8(6-15-12-10)9-3-2-7(5-13)4-11-9/h2-6H,1H3. The van der Waals surface area contributed by atoms with Gasteiger partial charge in [0.2, 0.25) is 5.88 Å². The molecule has 0 saturated heterocycles. The normalized spacial score (nSPS) is 9.93. The lowest BCUT2D eigenvalue weighted by Crippen LogP contribution is -1.89. The van der Waals surface area contributed by atoms with Crippen LogP contribution in [0, 0.1) is 0 Å². The third-order valence-corrected chi connectivity index (χ3v) is 2.54. The van der Waals surface area contributed by atoms with Gasteiger partial charge in [-0.3, -0.25) is 9.78 Å².